The molecule has 0 spiro atoms. The highest BCUT2D eigenvalue weighted by Crippen LogP contribution is 2.39. The smallest absolute Gasteiger partial charge is 0.306 e. The van der Waals surface area contributed by atoms with Crippen LogP contribution in [0.2, 0.25) is 0 Å². The topological polar surface area (TPSA) is 124 Å². The molecule has 0 aliphatic heterocycles. The van der Waals surface area contributed by atoms with Crippen molar-refractivity contribution in [3.8, 4) is 0 Å². The fourth-order valence-electron chi connectivity index (χ4n) is 3.91. The number of carbonyl (C=O) groups is 3. The van der Waals surface area contributed by atoms with E-state index in [9.17, 15) is 34.0 Å². The molecule has 1 aliphatic carbocycles. The molecule has 1 aromatic carbocycles. The zero-order chi connectivity index (χ0) is 24.0. The predicted molar refractivity (Wildman–Crippen MR) is 113 cm³/mol. The van der Waals surface area contributed by atoms with Gasteiger partial charge in [0.15, 0.2) is 11.6 Å². The lowest BCUT2D eigenvalue weighted by atomic mass is 9.74. The van der Waals surface area contributed by atoms with Crippen molar-refractivity contribution in [3.05, 3.63) is 68.1 Å². The Morgan fingerprint density at radius 1 is 1.06 bits per heavy atom. The van der Waals surface area contributed by atoms with Crippen LogP contribution >= 0.6 is 0 Å². The van der Waals surface area contributed by atoms with Gasteiger partial charge in [-0.15, -0.1) is 10.1 Å². The molecule has 0 saturated heterocycles. The Morgan fingerprint density at radius 2 is 1.66 bits per heavy atom. The fraction of sp³-hybridized carbons (Fsp3) is 0.435. The van der Waals surface area contributed by atoms with Gasteiger partial charge in [0.25, 0.3) is 5.09 Å². The Balaban J connectivity index is 2.36. The third-order valence-corrected chi connectivity index (χ3v) is 5.87. The SMILES string of the molecule is CC1=C(C)C(=O)C(C(CC(CCCCO[N+](=O)[O-])C(=O)O)c2ccc(F)cc2)=C(C)C1=O. The minimum absolute atomic E-state index is 0.0229. The molecule has 2 rings (SSSR count). The van der Waals surface area contributed by atoms with Crippen LogP contribution < -0.4 is 0 Å². The Bertz CT molecular complexity index is 979. The summed E-state index contributed by atoms with van der Waals surface area (Å²) < 4.78 is 13.5. The van der Waals surface area contributed by atoms with E-state index >= 15 is 0 Å². The normalized spacial score (nSPS) is 16.2. The lowest BCUT2D eigenvalue weighted by Gasteiger charge is -2.28. The molecule has 2 unspecified atom stereocenters. The number of Topliss-reactive ketones (excluding diaryl/α,β-unsaturated/α-hetero) is 2. The van der Waals surface area contributed by atoms with Crippen molar-refractivity contribution in [1.29, 1.82) is 0 Å². The number of carboxylic acids is 1. The van der Waals surface area contributed by atoms with Gasteiger partial charge in [0.1, 0.15) is 5.82 Å². The van der Waals surface area contributed by atoms with E-state index in [-0.39, 0.29) is 42.2 Å². The van der Waals surface area contributed by atoms with Gasteiger partial charge in [0.2, 0.25) is 0 Å². The quantitative estimate of drug-likeness (QED) is 0.233. The molecule has 2 atom stereocenters. The largest absolute Gasteiger partial charge is 0.481 e. The molecule has 32 heavy (non-hydrogen) atoms. The molecule has 9 heteroatoms. The Hall–Kier alpha value is -3.36. The van der Waals surface area contributed by atoms with Crippen molar-refractivity contribution in [3.63, 3.8) is 0 Å². The molecule has 1 aliphatic rings. The van der Waals surface area contributed by atoms with E-state index in [4.69, 9.17) is 0 Å². The Kier molecular flexibility index (Phi) is 8.40. The molecule has 0 fully saturated rings. The summed E-state index contributed by atoms with van der Waals surface area (Å²) in [6.07, 6.45) is 0.890. The first-order chi connectivity index (χ1) is 15.0. The molecular formula is C23H26FNO7. The van der Waals surface area contributed by atoms with E-state index in [1.54, 1.807) is 20.8 Å². The molecule has 0 aromatic heterocycles. The van der Waals surface area contributed by atoms with Crippen molar-refractivity contribution < 1.29 is 33.8 Å². The second kappa shape index (κ2) is 10.8. The van der Waals surface area contributed by atoms with Crippen LogP contribution in [0.15, 0.2) is 46.6 Å². The highest BCUT2D eigenvalue weighted by atomic mass is 19.1. The number of rotatable bonds is 11. The molecular weight excluding hydrogens is 421 g/mol. The van der Waals surface area contributed by atoms with Gasteiger partial charge in [0, 0.05) is 28.2 Å². The van der Waals surface area contributed by atoms with Crippen LogP contribution in [-0.4, -0.2) is 34.3 Å². The van der Waals surface area contributed by atoms with Crippen molar-refractivity contribution in [2.24, 2.45) is 5.92 Å². The van der Waals surface area contributed by atoms with Gasteiger partial charge in [-0.3, -0.25) is 14.4 Å². The summed E-state index contributed by atoms with van der Waals surface area (Å²) in [4.78, 5) is 52.2. The summed E-state index contributed by atoms with van der Waals surface area (Å²) in [7, 11) is 0. The molecule has 172 valence electrons. The summed E-state index contributed by atoms with van der Waals surface area (Å²) in [5.74, 6) is -3.74. The summed E-state index contributed by atoms with van der Waals surface area (Å²) in [6, 6.07) is 5.43. The molecule has 0 bridgehead atoms. The minimum atomic E-state index is -1.08. The Labute approximate surface area is 184 Å². The molecule has 0 amide bonds. The second-order valence-corrected chi connectivity index (χ2v) is 7.87. The summed E-state index contributed by atoms with van der Waals surface area (Å²) >= 11 is 0. The third kappa shape index (κ3) is 5.87. The van der Waals surface area contributed by atoms with Crippen molar-refractivity contribution >= 4 is 17.5 Å². The minimum Gasteiger partial charge on any atom is -0.481 e. The lowest BCUT2D eigenvalue weighted by Crippen LogP contribution is -2.27. The highest BCUT2D eigenvalue weighted by molar-refractivity contribution is 6.25. The predicted octanol–water partition coefficient (Wildman–Crippen LogP) is 4.18. The van der Waals surface area contributed by atoms with E-state index in [2.05, 4.69) is 4.84 Å². The van der Waals surface area contributed by atoms with E-state index in [0.29, 0.717) is 29.6 Å². The molecule has 0 heterocycles. The van der Waals surface area contributed by atoms with Crippen LogP contribution in [0.5, 0.6) is 0 Å². The van der Waals surface area contributed by atoms with Gasteiger partial charge < -0.3 is 9.94 Å². The number of carbonyl (C=O) groups excluding carboxylic acids is 2. The first-order valence-corrected chi connectivity index (χ1v) is 10.3. The van der Waals surface area contributed by atoms with Gasteiger partial charge >= 0.3 is 5.97 Å². The summed E-state index contributed by atoms with van der Waals surface area (Å²) in [5.41, 5.74) is 1.70. The Morgan fingerprint density at radius 3 is 2.22 bits per heavy atom. The average molecular weight is 447 g/mol. The highest BCUT2D eigenvalue weighted by Gasteiger charge is 2.35. The number of halogens is 1. The first-order valence-electron chi connectivity index (χ1n) is 10.3. The van der Waals surface area contributed by atoms with Gasteiger partial charge in [-0.2, -0.15) is 0 Å². The van der Waals surface area contributed by atoms with Crippen molar-refractivity contribution in [1.82, 2.24) is 0 Å². The van der Waals surface area contributed by atoms with Crippen LogP contribution in [-0.2, 0) is 19.2 Å². The molecule has 0 radical (unpaired) electrons. The van der Waals surface area contributed by atoms with E-state index in [0.717, 1.165) is 0 Å². The maximum absolute atomic E-state index is 13.5. The first kappa shape index (κ1) is 24.9. The summed E-state index contributed by atoms with van der Waals surface area (Å²) in [5, 5.41) is 19.1. The van der Waals surface area contributed by atoms with Gasteiger partial charge in [-0.25, -0.2) is 4.39 Å². The van der Waals surface area contributed by atoms with Crippen molar-refractivity contribution in [2.45, 2.75) is 52.4 Å². The second-order valence-electron chi connectivity index (χ2n) is 7.87. The van der Waals surface area contributed by atoms with Crippen molar-refractivity contribution in [2.75, 3.05) is 6.61 Å². The number of benzene rings is 1. The number of carboxylic acid groups (broad SMARTS) is 1. The number of allylic oxidation sites excluding steroid dienone is 4. The zero-order valence-corrected chi connectivity index (χ0v) is 18.2. The molecule has 1 aromatic rings. The number of hydrogen-bond donors (Lipinski definition) is 1. The molecule has 1 N–H and O–H groups in total. The number of ketones is 2. The van der Waals surface area contributed by atoms with Gasteiger partial charge in [-0.05, 0) is 57.7 Å². The number of hydrogen-bond acceptors (Lipinski definition) is 6. The zero-order valence-electron chi connectivity index (χ0n) is 18.2. The van der Waals surface area contributed by atoms with Crippen LogP contribution in [0, 0.1) is 21.8 Å². The monoisotopic (exact) mass is 447 g/mol. The standard InChI is InChI=1S/C23H26FNO7/c1-13-14(2)22(27)20(15(3)21(13)26)19(16-7-9-18(24)10-8-16)12-17(23(28)29)6-4-5-11-32-25(30)31/h7-10,17,19H,4-6,11-12H2,1-3H3,(H,28,29). The number of unbranched alkanes of at least 4 members (excludes halogenated alkanes) is 1. The third-order valence-electron chi connectivity index (χ3n) is 5.87. The summed E-state index contributed by atoms with van der Waals surface area (Å²) in [6.45, 7) is 4.55. The van der Waals surface area contributed by atoms with Crippen LogP contribution in [0.4, 0.5) is 4.39 Å². The lowest BCUT2D eigenvalue weighted by molar-refractivity contribution is -0.757. The number of aliphatic carboxylic acids is 1. The van der Waals surface area contributed by atoms with E-state index in [1.165, 1.54) is 24.3 Å². The van der Waals surface area contributed by atoms with Crippen LogP contribution in [0.25, 0.3) is 0 Å². The molecule has 0 saturated carbocycles. The van der Waals surface area contributed by atoms with Gasteiger partial charge in [-0.1, -0.05) is 18.6 Å². The van der Waals surface area contributed by atoms with E-state index in [1.807, 2.05) is 0 Å². The average Bonchev–Trinajstić information content (AvgIpc) is 2.74. The maximum Gasteiger partial charge on any atom is 0.306 e. The maximum atomic E-state index is 13.5. The fourth-order valence-corrected chi connectivity index (χ4v) is 3.91. The van der Waals surface area contributed by atoms with Gasteiger partial charge in [0.05, 0.1) is 12.5 Å². The number of nitrogens with zero attached hydrogens (tertiary/aromatic N) is 1. The van der Waals surface area contributed by atoms with Crippen LogP contribution in [0.3, 0.4) is 0 Å². The van der Waals surface area contributed by atoms with Crippen LogP contribution in [0.1, 0.15) is 57.9 Å². The van der Waals surface area contributed by atoms with E-state index < -0.39 is 28.7 Å². The molecule has 8 nitrogen and oxygen atoms in total.